The predicted molar refractivity (Wildman–Crippen MR) is 160 cm³/mol. The Morgan fingerprint density at radius 1 is 1.30 bits per heavy atom. The maximum Gasteiger partial charge on any atom is 0.310 e. The van der Waals surface area contributed by atoms with Crippen LogP contribution in [0.5, 0.6) is 0 Å². The van der Waals surface area contributed by atoms with E-state index in [1.807, 2.05) is 39.0 Å². The lowest BCUT2D eigenvalue weighted by atomic mass is 9.71. The molecule has 0 saturated carbocycles. The van der Waals surface area contributed by atoms with Crippen molar-refractivity contribution in [2.24, 2.45) is 17.8 Å². The summed E-state index contributed by atoms with van der Waals surface area (Å²) in [5.74, 6) is -2.28. The van der Waals surface area contributed by atoms with Gasteiger partial charge in [-0.3, -0.25) is 14.4 Å². The third-order valence-corrected chi connectivity index (χ3v) is 10.9. The molecular weight excluding hydrogens is 548 g/mol. The Kier molecular flexibility index (Phi) is 9.74. The van der Waals surface area contributed by atoms with E-state index in [0.717, 1.165) is 31.2 Å². The first-order chi connectivity index (χ1) is 19.1. The fourth-order valence-corrected chi connectivity index (χ4v) is 9.32. The number of amides is 2. The number of benzene rings is 1. The average Bonchev–Trinajstić information content (AvgIpc) is 3.55. The molecule has 3 aliphatic heterocycles. The fourth-order valence-electron chi connectivity index (χ4n) is 6.81. The van der Waals surface area contributed by atoms with Crippen LogP contribution >= 0.6 is 23.4 Å². The molecular formula is C31H41ClN2O5S. The normalized spacial score (nSPS) is 27.6. The van der Waals surface area contributed by atoms with E-state index in [0.29, 0.717) is 23.7 Å². The van der Waals surface area contributed by atoms with Crippen LogP contribution in [0.3, 0.4) is 0 Å². The zero-order chi connectivity index (χ0) is 29.2. The van der Waals surface area contributed by atoms with Gasteiger partial charge in [-0.2, -0.15) is 0 Å². The second-order valence-electron chi connectivity index (χ2n) is 11.4. The molecule has 3 aliphatic rings. The summed E-state index contributed by atoms with van der Waals surface area (Å²) in [6.07, 6.45) is 7.30. The Bertz CT molecular complexity index is 1140. The summed E-state index contributed by atoms with van der Waals surface area (Å²) >= 11 is 8.22. The third kappa shape index (κ3) is 5.23. The summed E-state index contributed by atoms with van der Waals surface area (Å²) in [5.41, 5.74) is 1.41. The molecule has 7 nitrogen and oxygen atoms in total. The molecule has 1 spiro atoms. The van der Waals surface area contributed by atoms with Gasteiger partial charge in [0, 0.05) is 11.8 Å². The minimum absolute atomic E-state index is 0.0893. The van der Waals surface area contributed by atoms with E-state index in [1.54, 1.807) is 33.7 Å². The highest BCUT2D eigenvalue weighted by Gasteiger charge is 2.75. The second kappa shape index (κ2) is 12.7. The van der Waals surface area contributed by atoms with Crippen LogP contribution in [-0.4, -0.2) is 69.6 Å². The maximum atomic E-state index is 14.7. The number of carbonyl (C=O) groups excluding carboxylic acids is 3. The number of hydrogen-bond donors (Lipinski definition) is 1. The highest BCUT2D eigenvalue weighted by atomic mass is 35.5. The van der Waals surface area contributed by atoms with Crippen LogP contribution in [0.4, 0.5) is 5.69 Å². The highest BCUT2D eigenvalue weighted by Crippen LogP contribution is 2.67. The minimum atomic E-state index is -0.861. The first kappa shape index (κ1) is 30.7. The SMILES string of the molecule is C=CCCCCOC(=O)[C@@H]1[C@H]2C(=O)N([C@@H](CO)C(C)C)C(C(=O)N(CC=C)c3c(C)cccc3Cl)C23CC[C@H]1S3. The van der Waals surface area contributed by atoms with Crippen molar-refractivity contribution in [1.29, 1.82) is 0 Å². The zero-order valence-corrected chi connectivity index (χ0v) is 25.3. The van der Waals surface area contributed by atoms with E-state index in [-0.39, 0.29) is 42.1 Å². The van der Waals surface area contributed by atoms with E-state index in [1.165, 1.54) is 0 Å². The van der Waals surface area contributed by atoms with Crippen molar-refractivity contribution in [2.45, 2.75) is 75.0 Å². The minimum Gasteiger partial charge on any atom is -0.465 e. The highest BCUT2D eigenvalue weighted by molar-refractivity contribution is 8.02. The standard InChI is InChI=1S/C31H41ClN2O5S/c1-6-8-9-10-17-39-30(38)24-23-14-15-31(40-23)25(24)28(36)34(22(18-35)19(3)4)27(31)29(37)33(16-7-2)26-20(5)12-11-13-21(26)32/h6-7,11-13,19,22-25,27,35H,1-2,8-10,14-18H2,3-5H3/t22-,23+,24-,25-,27?,31?/m0/s1. The van der Waals surface area contributed by atoms with Gasteiger partial charge in [0.2, 0.25) is 5.91 Å². The van der Waals surface area contributed by atoms with E-state index < -0.39 is 28.7 Å². The Hall–Kier alpha value is -2.29. The number of unbranched alkanes of at least 4 members (excludes halogenated alkanes) is 2. The number of aryl methyl sites for hydroxylation is 1. The van der Waals surface area contributed by atoms with Crippen molar-refractivity contribution >= 4 is 46.8 Å². The number of aliphatic hydroxyl groups excluding tert-OH is 1. The number of ether oxygens (including phenoxy) is 1. The molecule has 0 radical (unpaired) electrons. The number of esters is 1. The van der Waals surface area contributed by atoms with Gasteiger partial charge < -0.3 is 19.6 Å². The Morgan fingerprint density at radius 2 is 2.05 bits per heavy atom. The van der Waals surface area contributed by atoms with Gasteiger partial charge in [0.1, 0.15) is 6.04 Å². The van der Waals surface area contributed by atoms with Crippen molar-refractivity contribution in [3.8, 4) is 0 Å². The van der Waals surface area contributed by atoms with Gasteiger partial charge in [-0.1, -0.05) is 49.7 Å². The topological polar surface area (TPSA) is 87.1 Å². The number of halogens is 1. The molecule has 1 aromatic rings. The monoisotopic (exact) mass is 588 g/mol. The fraction of sp³-hybridized carbons (Fsp3) is 0.581. The number of thioether (sulfide) groups is 1. The number of aliphatic hydroxyl groups is 1. The van der Waals surface area contributed by atoms with Crippen molar-refractivity contribution < 1.29 is 24.2 Å². The summed E-state index contributed by atoms with van der Waals surface area (Å²) in [6, 6.07) is 4.04. The van der Waals surface area contributed by atoms with E-state index in [9.17, 15) is 19.5 Å². The van der Waals surface area contributed by atoms with Gasteiger partial charge in [0.05, 0.1) is 46.5 Å². The van der Waals surface area contributed by atoms with Crippen LogP contribution in [0, 0.1) is 24.7 Å². The lowest BCUT2D eigenvalue weighted by Gasteiger charge is -2.41. The number of anilines is 1. The molecule has 2 unspecified atom stereocenters. The van der Waals surface area contributed by atoms with Gasteiger partial charge in [-0.05, 0) is 56.6 Å². The van der Waals surface area contributed by atoms with Gasteiger partial charge in [0.25, 0.3) is 5.91 Å². The lowest BCUT2D eigenvalue weighted by Crippen LogP contribution is -2.58. The summed E-state index contributed by atoms with van der Waals surface area (Å²) in [7, 11) is 0. The number of allylic oxidation sites excluding steroid dienone is 1. The van der Waals surface area contributed by atoms with Crippen molar-refractivity contribution in [3.63, 3.8) is 0 Å². The first-order valence-electron chi connectivity index (χ1n) is 14.2. The van der Waals surface area contributed by atoms with Crippen molar-refractivity contribution in [3.05, 3.63) is 54.1 Å². The van der Waals surface area contributed by atoms with Crippen molar-refractivity contribution in [2.75, 3.05) is 24.7 Å². The number of nitrogens with zero attached hydrogens (tertiary/aromatic N) is 2. The first-order valence-corrected chi connectivity index (χ1v) is 15.5. The number of carbonyl (C=O) groups is 3. The molecule has 3 heterocycles. The maximum absolute atomic E-state index is 14.7. The number of likely N-dealkylation sites (tertiary alicyclic amines) is 1. The summed E-state index contributed by atoms with van der Waals surface area (Å²) in [6.45, 7) is 13.6. The molecule has 3 fully saturated rings. The Morgan fingerprint density at radius 3 is 2.67 bits per heavy atom. The molecule has 0 aromatic heterocycles. The molecule has 1 N–H and O–H groups in total. The zero-order valence-electron chi connectivity index (χ0n) is 23.7. The van der Waals surface area contributed by atoms with Gasteiger partial charge in [0.15, 0.2) is 0 Å². The van der Waals surface area contributed by atoms with Crippen LogP contribution in [-0.2, 0) is 19.1 Å². The number of rotatable bonds is 13. The molecule has 3 saturated heterocycles. The molecule has 0 aliphatic carbocycles. The summed E-state index contributed by atoms with van der Waals surface area (Å²) < 4.78 is 4.91. The largest absolute Gasteiger partial charge is 0.465 e. The number of para-hydroxylation sites is 1. The van der Waals surface area contributed by atoms with E-state index in [2.05, 4.69) is 13.2 Å². The van der Waals surface area contributed by atoms with Gasteiger partial charge in [-0.25, -0.2) is 0 Å². The van der Waals surface area contributed by atoms with Crippen LogP contribution < -0.4 is 4.90 Å². The molecule has 4 rings (SSSR count). The lowest BCUT2D eigenvalue weighted by molar-refractivity contribution is -0.154. The smallest absolute Gasteiger partial charge is 0.310 e. The van der Waals surface area contributed by atoms with E-state index in [4.69, 9.17) is 16.3 Å². The van der Waals surface area contributed by atoms with Crippen LogP contribution in [0.25, 0.3) is 0 Å². The van der Waals surface area contributed by atoms with E-state index >= 15 is 0 Å². The third-order valence-electron chi connectivity index (χ3n) is 8.64. The predicted octanol–water partition coefficient (Wildman–Crippen LogP) is 5.18. The molecule has 40 heavy (non-hydrogen) atoms. The van der Waals surface area contributed by atoms with Crippen molar-refractivity contribution in [1.82, 2.24) is 4.90 Å². The van der Waals surface area contributed by atoms with Gasteiger partial charge in [-0.15, -0.1) is 24.9 Å². The molecule has 2 bridgehead atoms. The molecule has 218 valence electrons. The molecule has 6 atom stereocenters. The average molecular weight is 589 g/mol. The van der Waals surface area contributed by atoms with Gasteiger partial charge >= 0.3 is 5.97 Å². The number of fused-ring (bicyclic) bond motifs is 1. The summed E-state index contributed by atoms with van der Waals surface area (Å²) in [4.78, 5) is 45.7. The van der Waals surface area contributed by atoms with Crippen LogP contribution in [0.15, 0.2) is 43.5 Å². The second-order valence-corrected chi connectivity index (χ2v) is 13.4. The molecule has 1 aromatic carbocycles. The van der Waals surface area contributed by atoms with Crippen LogP contribution in [0.1, 0.15) is 51.5 Å². The Balaban J connectivity index is 1.75. The molecule has 9 heteroatoms. The number of hydrogen-bond acceptors (Lipinski definition) is 6. The quantitative estimate of drug-likeness (QED) is 0.194. The molecule has 2 amide bonds. The van der Waals surface area contributed by atoms with Crippen LogP contribution in [0.2, 0.25) is 5.02 Å². The Labute approximate surface area is 246 Å². The summed E-state index contributed by atoms with van der Waals surface area (Å²) in [5, 5.41) is 10.8.